The molecule has 1 aromatic carbocycles. The summed E-state index contributed by atoms with van der Waals surface area (Å²) >= 11 is 11.7. The van der Waals surface area contributed by atoms with Gasteiger partial charge in [0, 0.05) is 15.6 Å². The summed E-state index contributed by atoms with van der Waals surface area (Å²) in [5.41, 5.74) is 0.242. The second-order valence-corrected chi connectivity index (χ2v) is 6.21. The second-order valence-electron chi connectivity index (χ2n) is 3.64. The summed E-state index contributed by atoms with van der Waals surface area (Å²) in [5.74, 6) is -1.73. The van der Waals surface area contributed by atoms with Gasteiger partial charge in [-0.25, -0.2) is 13.1 Å². The van der Waals surface area contributed by atoms with Crippen LogP contribution in [0.2, 0.25) is 10.0 Å². The molecule has 0 radical (unpaired) electrons. The highest BCUT2D eigenvalue weighted by molar-refractivity contribution is 7.88. The fraction of sp³-hybridized carbons (Fsp3) is 0.300. The first-order valence-corrected chi connectivity index (χ1v) is 7.29. The van der Waals surface area contributed by atoms with Crippen molar-refractivity contribution in [3.63, 3.8) is 0 Å². The highest BCUT2D eigenvalue weighted by Crippen LogP contribution is 2.25. The third-order valence-corrected chi connectivity index (χ3v) is 4.21. The van der Waals surface area contributed by atoms with Crippen LogP contribution in [0.15, 0.2) is 18.2 Å². The Bertz CT molecular complexity index is 539. The Morgan fingerprint density at radius 2 is 1.89 bits per heavy atom. The first kappa shape index (κ1) is 15.2. The molecule has 1 rings (SSSR count). The van der Waals surface area contributed by atoms with Gasteiger partial charge in [-0.2, -0.15) is 0 Å². The second kappa shape index (κ2) is 5.88. The molecule has 18 heavy (non-hydrogen) atoms. The van der Waals surface area contributed by atoms with Crippen LogP contribution in [0.25, 0.3) is 0 Å². The summed E-state index contributed by atoms with van der Waals surface area (Å²) in [4.78, 5) is 10.6. The van der Waals surface area contributed by atoms with Crippen molar-refractivity contribution in [3.8, 4) is 0 Å². The number of aliphatic carboxylic acids is 1. The van der Waals surface area contributed by atoms with Crippen molar-refractivity contribution in [2.24, 2.45) is 0 Å². The normalized spacial score (nSPS) is 13.3. The summed E-state index contributed by atoms with van der Waals surface area (Å²) in [5, 5.41) is 9.08. The van der Waals surface area contributed by atoms with Gasteiger partial charge in [-0.1, -0.05) is 29.3 Å². The zero-order chi connectivity index (χ0) is 13.9. The Morgan fingerprint density at radius 1 is 1.39 bits per heavy atom. The monoisotopic (exact) mass is 311 g/mol. The molecular formula is C10H11Cl2NO4S. The number of hydrogen-bond donors (Lipinski definition) is 2. The molecule has 0 aliphatic rings. The standard InChI is InChI=1S/C10H11Cl2NO4S/c1-6(10(14)15)13-18(16,17)5-7-8(11)3-2-4-9(7)12/h2-4,6,13H,5H2,1H3,(H,14,15)/t6-/m1/s1. The van der Waals surface area contributed by atoms with Gasteiger partial charge in [0.15, 0.2) is 0 Å². The average molecular weight is 312 g/mol. The highest BCUT2D eigenvalue weighted by atomic mass is 35.5. The van der Waals surface area contributed by atoms with Gasteiger partial charge in [0.05, 0.1) is 5.75 Å². The third-order valence-electron chi connectivity index (χ3n) is 2.12. The van der Waals surface area contributed by atoms with Crippen molar-refractivity contribution in [3.05, 3.63) is 33.8 Å². The Labute approximate surface area is 115 Å². The van der Waals surface area contributed by atoms with E-state index in [0.717, 1.165) is 0 Å². The summed E-state index contributed by atoms with van der Waals surface area (Å²) in [6.45, 7) is 1.23. The van der Waals surface area contributed by atoms with E-state index in [9.17, 15) is 13.2 Å². The van der Waals surface area contributed by atoms with E-state index in [-0.39, 0.29) is 15.6 Å². The lowest BCUT2D eigenvalue weighted by Crippen LogP contribution is -2.39. The maximum absolute atomic E-state index is 11.7. The number of carboxylic acid groups (broad SMARTS) is 1. The Kier molecular flexibility index (Phi) is 4.98. The maximum atomic E-state index is 11.7. The van der Waals surface area contributed by atoms with E-state index in [1.54, 1.807) is 6.07 Å². The van der Waals surface area contributed by atoms with Crippen LogP contribution in [-0.4, -0.2) is 25.5 Å². The molecule has 0 bridgehead atoms. The molecule has 0 aliphatic carbocycles. The van der Waals surface area contributed by atoms with Gasteiger partial charge in [-0.15, -0.1) is 0 Å². The summed E-state index contributed by atoms with van der Waals surface area (Å²) in [6, 6.07) is 3.41. The maximum Gasteiger partial charge on any atom is 0.321 e. The van der Waals surface area contributed by atoms with E-state index in [4.69, 9.17) is 28.3 Å². The smallest absolute Gasteiger partial charge is 0.321 e. The Hall–Kier alpha value is -0.820. The zero-order valence-corrected chi connectivity index (χ0v) is 11.7. The lowest BCUT2D eigenvalue weighted by atomic mass is 10.2. The first-order chi connectivity index (χ1) is 8.23. The molecule has 2 N–H and O–H groups in total. The van der Waals surface area contributed by atoms with Crippen LogP contribution >= 0.6 is 23.2 Å². The van der Waals surface area contributed by atoms with Crippen LogP contribution in [0.5, 0.6) is 0 Å². The van der Waals surface area contributed by atoms with Gasteiger partial charge in [0.1, 0.15) is 6.04 Å². The minimum absolute atomic E-state index is 0.218. The molecule has 0 aromatic heterocycles. The van der Waals surface area contributed by atoms with Crippen LogP contribution in [0.3, 0.4) is 0 Å². The minimum atomic E-state index is -3.82. The van der Waals surface area contributed by atoms with Crippen LogP contribution in [0.1, 0.15) is 12.5 Å². The number of hydrogen-bond acceptors (Lipinski definition) is 3. The van der Waals surface area contributed by atoms with Crippen molar-refractivity contribution in [2.75, 3.05) is 0 Å². The predicted octanol–water partition coefficient (Wildman–Crippen LogP) is 1.89. The van der Waals surface area contributed by atoms with Crippen molar-refractivity contribution in [1.82, 2.24) is 4.72 Å². The summed E-state index contributed by atoms with van der Waals surface area (Å²) in [6.07, 6.45) is 0. The summed E-state index contributed by atoms with van der Waals surface area (Å²) in [7, 11) is -3.82. The van der Waals surface area contributed by atoms with Crippen molar-refractivity contribution in [2.45, 2.75) is 18.7 Å². The topological polar surface area (TPSA) is 83.5 Å². The van der Waals surface area contributed by atoms with Gasteiger partial charge < -0.3 is 5.11 Å². The number of rotatable bonds is 5. The van der Waals surface area contributed by atoms with Gasteiger partial charge in [0.25, 0.3) is 0 Å². The van der Waals surface area contributed by atoms with E-state index < -0.39 is 27.8 Å². The number of carbonyl (C=O) groups is 1. The fourth-order valence-electron chi connectivity index (χ4n) is 1.22. The largest absolute Gasteiger partial charge is 0.480 e. The molecule has 0 amide bonds. The fourth-order valence-corrected chi connectivity index (χ4v) is 3.33. The number of nitrogens with one attached hydrogen (secondary N) is 1. The first-order valence-electron chi connectivity index (χ1n) is 4.88. The molecule has 8 heteroatoms. The van der Waals surface area contributed by atoms with E-state index in [1.807, 2.05) is 4.72 Å². The van der Waals surface area contributed by atoms with Crippen LogP contribution in [0, 0.1) is 0 Å². The lowest BCUT2D eigenvalue weighted by molar-refractivity contribution is -0.138. The zero-order valence-electron chi connectivity index (χ0n) is 9.35. The minimum Gasteiger partial charge on any atom is -0.480 e. The summed E-state index contributed by atoms with van der Waals surface area (Å²) < 4.78 is 25.5. The van der Waals surface area contributed by atoms with Gasteiger partial charge in [-0.05, 0) is 19.1 Å². The molecule has 0 unspecified atom stereocenters. The number of sulfonamides is 1. The number of benzene rings is 1. The third kappa shape index (κ3) is 4.13. The average Bonchev–Trinajstić information content (AvgIpc) is 2.23. The molecule has 0 heterocycles. The van der Waals surface area contributed by atoms with Gasteiger partial charge in [0.2, 0.25) is 10.0 Å². The lowest BCUT2D eigenvalue weighted by Gasteiger charge is -2.11. The highest BCUT2D eigenvalue weighted by Gasteiger charge is 2.21. The van der Waals surface area contributed by atoms with Crippen LogP contribution in [0.4, 0.5) is 0 Å². The molecule has 0 spiro atoms. The van der Waals surface area contributed by atoms with Crippen LogP contribution in [-0.2, 0) is 20.6 Å². The molecule has 100 valence electrons. The van der Waals surface area contributed by atoms with Crippen LogP contribution < -0.4 is 4.72 Å². The molecule has 0 aliphatic heterocycles. The molecule has 0 saturated carbocycles. The Balaban J connectivity index is 2.93. The van der Waals surface area contributed by atoms with Gasteiger partial charge in [-0.3, -0.25) is 4.79 Å². The van der Waals surface area contributed by atoms with Crippen molar-refractivity contribution >= 4 is 39.2 Å². The molecular weight excluding hydrogens is 301 g/mol. The molecule has 0 fully saturated rings. The van der Waals surface area contributed by atoms with E-state index in [0.29, 0.717) is 0 Å². The SMILES string of the molecule is C[C@@H](NS(=O)(=O)Cc1c(Cl)cccc1Cl)C(=O)O. The van der Waals surface area contributed by atoms with E-state index in [1.165, 1.54) is 19.1 Å². The molecule has 1 aromatic rings. The predicted molar refractivity (Wildman–Crippen MR) is 69.3 cm³/mol. The Morgan fingerprint density at radius 3 is 2.33 bits per heavy atom. The van der Waals surface area contributed by atoms with Crippen molar-refractivity contribution in [1.29, 1.82) is 0 Å². The molecule has 5 nitrogen and oxygen atoms in total. The number of halogens is 2. The quantitative estimate of drug-likeness (QED) is 0.869. The van der Waals surface area contributed by atoms with E-state index >= 15 is 0 Å². The molecule has 0 saturated heterocycles. The van der Waals surface area contributed by atoms with Gasteiger partial charge >= 0.3 is 5.97 Å². The molecule has 1 atom stereocenters. The van der Waals surface area contributed by atoms with Crippen molar-refractivity contribution < 1.29 is 18.3 Å². The number of carboxylic acids is 1. The van der Waals surface area contributed by atoms with E-state index in [2.05, 4.69) is 0 Å².